The van der Waals surface area contributed by atoms with E-state index in [2.05, 4.69) is 9.47 Å². The number of alkyl halides is 7. The number of halogens is 12. The van der Waals surface area contributed by atoms with Crippen molar-refractivity contribution in [2.24, 2.45) is 11.8 Å². The Kier molecular flexibility index (Phi) is 10.3. The summed E-state index contributed by atoms with van der Waals surface area (Å²) < 4.78 is 182. The van der Waals surface area contributed by atoms with Crippen LogP contribution in [0.25, 0.3) is 0 Å². The van der Waals surface area contributed by atoms with Gasteiger partial charge in [-0.15, -0.1) is 0 Å². The van der Waals surface area contributed by atoms with Gasteiger partial charge < -0.3 is 14.2 Å². The fourth-order valence-electron chi connectivity index (χ4n) is 5.26. The first kappa shape index (κ1) is 35.7. The van der Waals surface area contributed by atoms with Crippen LogP contribution in [0.15, 0.2) is 42.5 Å². The Morgan fingerprint density at radius 2 is 1.13 bits per heavy atom. The van der Waals surface area contributed by atoms with E-state index in [0.29, 0.717) is 30.9 Å². The van der Waals surface area contributed by atoms with Gasteiger partial charge in [0.1, 0.15) is 63.0 Å². The maximum absolute atomic E-state index is 14.8. The first-order valence-electron chi connectivity index (χ1n) is 14.0. The zero-order valence-electron chi connectivity index (χ0n) is 24.1. The minimum atomic E-state index is -5.56. The fraction of sp³-hybridized carbons (Fsp3) is 0.387. The van der Waals surface area contributed by atoms with Crippen LogP contribution < -0.4 is 14.2 Å². The minimum Gasteiger partial charge on any atom is -0.429 e. The highest BCUT2D eigenvalue weighted by Gasteiger charge is 2.44. The molecule has 4 nitrogen and oxygen atoms in total. The van der Waals surface area contributed by atoms with E-state index in [0.717, 1.165) is 31.7 Å². The van der Waals surface area contributed by atoms with Crippen molar-refractivity contribution in [3.8, 4) is 17.2 Å². The summed E-state index contributed by atoms with van der Waals surface area (Å²) in [7, 11) is 0. The van der Waals surface area contributed by atoms with Crippen molar-refractivity contribution in [2.45, 2.75) is 63.8 Å². The van der Waals surface area contributed by atoms with Crippen LogP contribution in [0, 0.1) is 40.9 Å². The molecule has 1 saturated carbocycles. The van der Waals surface area contributed by atoms with Gasteiger partial charge in [-0.05, 0) is 43.7 Å². The Morgan fingerprint density at radius 3 is 1.60 bits per heavy atom. The lowest BCUT2D eigenvalue weighted by atomic mass is 9.80. The van der Waals surface area contributed by atoms with Gasteiger partial charge in [0.15, 0.2) is 0 Å². The predicted molar refractivity (Wildman–Crippen MR) is 139 cm³/mol. The Hall–Kier alpha value is -4.11. The van der Waals surface area contributed by atoms with E-state index in [1.165, 1.54) is 0 Å². The molecule has 0 heterocycles. The lowest BCUT2D eigenvalue weighted by Gasteiger charge is -2.27. The molecule has 0 amide bonds. The van der Waals surface area contributed by atoms with Crippen molar-refractivity contribution < 1.29 is 71.7 Å². The smallest absolute Gasteiger partial charge is 0.429 e. The molecule has 16 heteroatoms. The molecule has 0 aliphatic heterocycles. The lowest BCUT2D eigenvalue weighted by molar-refractivity contribution is -0.191. The first-order valence-corrected chi connectivity index (χ1v) is 14.0. The lowest BCUT2D eigenvalue weighted by Crippen LogP contribution is -2.27. The third-order valence-electron chi connectivity index (χ3n) is 7.45. The normalized spacial score (nSPS) is 17.4. The summed E-state index contributed by atoms with van der Waals surface area (Å²) in [6.07, 6.45) is -10.7. The monoisotopic (exact) mass is 688 g/mol. The summed E-state index contributed by atoms with van der Waals surface area (Å²) in [5, 5.41) is 0. The van der Waals surface area contributed by atoms with Gasteiger partial charge >= 0.3 is 24.4 Å². The molecule has 0 bridgehead atoms. The first-order chi connectivity index (χ1) is 21.8. The molecule has 0 N–H and O–H groups in total. The average Bonchev–Trinajstić information content (AvgIpc) is 2.91. The van der Waals surface area contributed by atoms with Gasteiger partial charge in [-0.1, -0.05) is 19.8 Å². The van der Waals surface area contributed by atoms with Crippen molar-refractivity contribution in [3.63, 3.8) is 0 Å². The van der Waals surface area contributed by atoms with Crippen LogP contribution in [0.2, 0.25) is 0 Å². The zero-order chi connectivity index (χ0) is 34.9. The molecule has 0 atom stereocenters. The second-order valence-corrected chi connectivity index (χ2v) is 10.8. The highest BCUT2D eigenvalue weighted by Crippen LogP contribution is 2.42. The number of benzene rings is 3. The van der Waals surface area contributed by atoms with Crippen LogP contribution in [-0.4, -0.2) is 5.97 Å². The maximum Gasteiger partial charge on any atom is 0.432 e. The van der Waals surface area contributed by atoms with Crippen molar-refractivity contribution >= 4 is 5.97 Å². The molecule has 1 aliphatic rings. The van der Waals surface area contributed by atoms with Crippen molar-refractivity contribution in [3.05, 3.63) is 88.2 Å². The molecule has 0 unspecified atom stereocenters. The molecule has 3 aromatic carbocycles. The van der Waals surface area contributed by atoms with Gasteiger partial charge in [0, 0.05) is 30.3 Å². The molecule has 1 fully saturated rings. The Bertz CT molecular complexity index is 1570. The molecule has 0 aromatic heterocycles. The van der Waals surface area contributed by atoms with Gasteiger partial charge in [-0.3, -0.25) is 4.79 Å². The molecule has 0 spiro atoms. The summed E-state index contributed by atoms with van der Waals surface area (Å²) in [5.74, 6) is -15.1. The largest absolute Gasteiger partial charge is 0.432 e. The Labute approximate surface area is 259 Å². The zero-order valence-corrected chi connectivity index (χ0v) is 24.1. The maximum atomic E-state index is 14.8. The van der Waals surface area contributed by atoms with Gasteiger partial charge in [0.05, 0.1) is 5.92 Å². The molecule has 3 aromatic rings. The van der Waals surface area contributed by atoms with Crippen LogP contribution in [0.1, 0.15) is 62.1 Å². The molecule has 0 saturated heterocycles. The summed E-state index contributed by atoms with van der Waals surface area (Å²) in [6, 6.07) is 0.802. The third-order valence-corrected chi connectivity index (χ3v) is 7.45. The highest BCUT2D eigenvalue weighted by molar-refractivity contribution is 5.75. The number of carbonyl (C=O) groups excluding carboxylic acids is 1. The number of carbonyl (C=O) groups is 1. The van der Waals surface area contributed by atoms with E-state index in [1.54, 1.807) is 0 Å². The van der Waals surface area contributed by atoms with Crippen LogP contribution in [0.3, 0.4) is 0 Å². The van der Waals surface area contributed by atoms with Crippen LogP contribution in [0.5, 0.6) is 17.2 Å². The van der Waals surface area contributed by atoms with Gasteiger partial charge in [-0.25, -0.2) is 22.0 Å². The van der Waals surface area contributed by atoms with Crippen LogP contribution >= 0.6 is 0 Å². The third kappa shape index (κ3) is 8.25. The van der Waals surface area contributed by atoms with E-state index >= 15 is 0 Å². The van der Waals surface area contributed by atoms with E-state index < -0.39 is 93.3 Å². The molecule has 0 radical (unpaired) electrons. The molecule has 1 aliphatic carbocycles. The number of hydrogen-bond acceptors (Lipinski definition) is 4. The van der Waals surface area contributed by atoms with Gasteiger partial charge in [0.25, 0.3) is 0 Å². The number of hydrogen-bond donors (Lipinski definition) is 0. The van der Waals surface area contributed by atoms with E-state index in [-0.39, 0.29) is 24.3 Å². The SMILES string of the molecule is CCCC1CCC(C(=O)Oc2ccc(C(F)(F)Oc3cc(F)c(C(F)(F)Oc4cc(F)c(C(F)(F)F)c(F)c4)c(F)c3)c(F)c2)CC1. The summed E-state index contributed by atoms with van der Waals surface area (Å²) in [6.45, 7) is 2.05. The minimum absolute atomic E-state index is 0.166. The van der Waals surface area contributed by atoms with Crippen LogP contribution in [-0.2, 0) is 23.2 Å². The molecule has 47 heavy (non-hydrogen) atoms. The molecule has 4 rings (SSSR count). The summed E-state index contributed by atoms with van der Waals surface area (Å²) in [4.78, 5) is 12.5. The van der Waals surface area contributed by atoms with E-state index in [9.17, 15) is 57.5 Å². The van der Waals surface area contributed by atoms with E-state index in [1.807, 2.05) is 6.92 Å². The predicted octanol–water partition coefficient (Wildman–Crippen LogP) is 10.2. The highest BCUT2D eigenvalue weighted by atomic mass is 19.4. The number of rotatable bonds is 10. The van der Waals surface area contributed by atoms with Gasteiger partial charge in [-0.2, -0.15) is 30.7 Å². The fourth-order valence-corrected chi connectivity index (χ4v) is 5.26. The standard InChI is InChI=1S/C31H24F12O4/c1-2-3-15-4-6-16(7-5-15)28(44)45-17-8-9-20(21(32)10-17)30(40,41)46-18-13-24(35)27(25(36)14-18)31(42,43)47-19-11-22(33)26(23(34)12-19)29(37,38)39/h8-16H,2-7H2,1H3. The number of esters is 1. The Balaban J connectivity index is 1.47. The van der Waals surface area contributed by atoms with Crippen molar-refractivity contribution in [2.75, 3.05) is 0 Å². The van der Waals surface area contributed by atoms with Crippen molar-refractivity contribution in [1.82, 2.24) is 0 Å². The van der Waals surface area contributed by atoms with E-state index in [4.69, 9.17) is 4.74 Å². The number of ether oxygens (including phenoxy) is 3. The molecular formula is C31H24F12O4. The summed E-state index contributed by atoms with van der Waals surface area (Å²) in [5.41, 5.74) is -6.22. The quantitative estimate of drug-likeness (QED) is 0.121. The molecular weight excluding hydrogens is 664 g/mol. The summed E-state index contributed by atoms with van der Waals surface area (Å²) >= 11 is 0. The second kappa shape index (κ2) is 13.6. The Morgan fingerprint density at radius 1 is 0.660 bits per heavy atom. The topological polar surface area (TPSA) is 44.8 Å². The van der Waals surface area contributed by atoms with Gasteiger partial charge in [0.2, 0.25) is 0 Å². The molecule has 256 valence electrons. The van der Waals surface area contributed by atoms with Crippen LogP contribution in [0.4, 0.5) is 52.7 Å². The van der Waals surface area contributed by atoms with Crippen molar-refractivity contribution in [1.29, 1.82) is 0 Å². The average molecular weight is 689 g/mol. The second-order valence-electron chi connectivity index (χ2n) is 10.8.